The lowest BCUT2D eigenvalue weighted by Gasteiger charge is -2.18. The summed E-state index contributed by atoms with van der Waals surface area (Å²) in [6, 6.07) is 7.70. The van der Waals surface area contributed by atoms with Crippen molar-refractivity contribution in [2.24, 2.45) is 0 Å². The van der Waals surface area contributed by atoms with E-state index in [-0.39, 0.29) is 11.4 Å². The number of aliphatic carboxylic acids is 2. The molecule has 144 valence electrons. The van der Waals surface area contributed by atoms with Gasteiger partial charge in [0, 0.05) is 24.9 Å². The number of carbonyl (C=O) groups is 2. The molecular formula is C19H16N2O6S. The molecule has 0 amide bonds. The second kappa shape index (κ2) is 7.65. The zero-order valence-electron chi connectivity index (χ0n) is 14.5. The Kier molecular flexibility index (Phi) is 5.27. The fourth-order valence-electron chi connectivity index (χ4n) is 2.82. The van der Waals surface area contributed by atoms with Crippen molar-refractivity contribution in [3.63, 3.8) is 0 Å². The zero-order chi connectivity index (χ0) is 20.3. The molecule has 2 heterocycles. The van der Waals surface area contributed by atoms with Crippen LogP contribution in [-0.4, -0.2) is 42.1 Å². The van der Waals surface area contributed by atoms with Gasteiger partial charge in [-0.05, 0) is 53.5 Å². The summed E-state index contributed by atoms with van der Waals surface area (Å²) >= 11 is 0. The third kappa shape index (κ3) is 4.09. The first kappa shape index (κ1) is 19.3. The van der Waals surface area contributed by atoms with Gasteiger partial charge in [0.15, 0.2) is 0 Å². The van der Waals surface area contributed by atoms with E-state index in [2.05, 4.69) is 4.98 Å². The number of hydrogen-bond donors (Lipinski definition) is 2. The molecule has 0 unspecified atom stereocenters. The molecule has 0 saturated carbocycles. The fourth-order valence-corrected chi connectivity index (χ4v) is 4.34. The van der Waals surface area contributed by atoms with Gasteiger partial charge in [0.1, 0.15) is 5.82 Å². The van der Waals surface area contributed by atoms with E-state index >= 15 is 0 Å². The van der Waals surface area contributed by atoms with Crippen molar-refractivity contribution < 1.29 is 28.2 Å². The van der Waals surface area contributed by atoms with Gasteiger partial charge in [-0.15, -0.1) is 0 Å². The van der Waals surface area contributed by atoms with Crippen LogP contribution < -0.4 is 4.31 Å². The SMILES string of the molecule is O=C(O)C=Cc1cccc(S(=O)(=O)N2CCc3cc(C=CC(=O)O)cnc32)c1. The quantitative estimate of drug-likeness (QED) is 0.711. The van der Waals surface area contributed by atoms with Crippen LogP contribution in [0.4, 0.5) is 5.82 Å². The topological polar surface area (TPSA) is 125 Å². The normalized spacial score (nSPS) is 13.9. The lowest BCUT2D eigenvalue weighted by atomic mass is 10.1. The standard InChI is InChI=1S/C19H16N2O6S/c22-17(23)6-4-13-2-1-3-16(11-13)28(26,27)21-9-8-15-10-14(5-7-18(24)25)12-20-19(15)21/h1-7,10-12H,8-9H2,(H,22,23)(H,24,25). The van der Waals surface area contributed by atoms with Crippen LogP contribution in [0.15, 0.2) is 53.6 Å². The summed E-state index contributed by atoms with van der Waals surface area (Å²) in [6.45, 7) is 0.214. The maximum atomic E-state index is 13.0. The molecule has 0 saturated heterocycles. The maximum absolute atomic E-state index is 13.0. The van der Waals surface area contributed by atoms with E-state index in [1.165, 1.54) is 34.8 Å². The molecule has 3 rings (SSSR count). The molecule has 9 heteroatoms. The molecule has 1 aliphatic rings. The summed E-state index contributed by atoms with van der Waals surface area (Å²) in [6.07, 6.45) is 6.50. The molecule has 28 heavy (non-hydrogen) atoms. The van der Waals surface area contributed by atoms with Gasteiger partial charge in [0.2, 0.25) is 0 Å². The van der Waals surface area contributed by atoms with Gasteiger partial charge in [-0.25, -0.2) is 27.3 Å². The Bertz CT molecular complexity index is 1110. The predicted octanol–water partition coefficient (Wildman–Crippen LogP) is 2.03. The molecule has 0 bridgehead atoms. The van der Waals surface area contributed by atoms with Crippen LogP contribution in [0.3, 0.4) is 0 Å². The Morgan fingerprint density at radius 3 is 2.39 bits per heavy atom. The van der Waals surface area contributed by atoms with Crippen molar-refractivity contribution >= 4 is 39.9 Å². The van der Waals surface area contributed by atoms with Gasteiger partial charge in [-0.1, -0.05) is 12.1 Å². The number of nitrogens with zero attached hydrogens (tertiary/aromatic N) is 2. The minimum absolute atomic E-state index is 0.0320. The molecule has 1 aromatic heterocycles. The Labute approximate surface area is 161 Å². The molecule has 2 N–H and O–H groups in total. The first-order chi connectivity index (χ1) is 13.3. The lowest BCUT2D eigenvalue weighted by Crippen LogP contribution is -2.29. The molecule has 8 nitrogen and oxygen atoms in total. The third-order valence-electron chi connectivity index (χ3n) is 4.07. The summed E-state index contributed by atoms with van der Waals surface area (Å²) in [4.78, 5) is 25.5. The summed E-state index contributed by atoms with van der Waals surface area (Å²) in [5.41, 5.74) is 1.73. The molecule has 1 aromatic carbocycles. The van der Waals surface area contributed by atoms with Crippen LogP contribution in [0.5, 0.6) is 0 Å². The number of rotatable bonds is 6. The number of aromatic nitrogens is 1. The first-order valence-electron chi connectivity index (χ1n) is 8.21. The number of benzene rings is 1. The highest BCUT2D eigenvalue weighted by molar-refractivity contribution is 7.92. The molecule has 0 fully saturated rings. The Morgan fingerprint density at radius 1 is 1.04 bits per heavy atom. The van der Waals surface area contributed by atoms with Crippen LogP contribution in [0.25, 0.3) is 12.2 Å². The van der Waals surface area contributed by atoms with Crippen molar-refractivity contribution in [1.29, 1.82) is 0 Å². The van der Waals surface area contributed by atoms with Crippen molar-refractivity contribution in [1.82, 2.24) is 4.98 Å². The van der Waals surface area contributed by atoms with Gasteiger partial charge in [0.25, 0.3) is 10.0 Å². The minimum Gasteiger partial charge on any atom is -0.478 e. The zero-order valence-corrected chi connectivity index (χ0v) is 15.3. The molecule has 0 spiro atoms. The molecule has 1 aliphatic heterocycles. The first-order valence-corrected chi connectivity index (χ1v) is 9.65. The highest BCUT2D eigenvalue weighted by atomic mass is 32.2. The number of fused-ring (bicyclic) bond motifs is 1. The van der Waals surface area contributed by atoms with E-state index in [1.54, 1.807) is 18.2 Å². The molecule has 2 aromatic rings. The van der Waals surface area contributed by atoms with E-state index in [1.807, 2.05) is 0 Å². The van der Waals surface area contributed by atoms with Crippen LogP contribution in [0, 0.1) is 0 Å². The number of sulfonamides is 1. The van der Waals surface area contributed by atoms with E-state index in [4.69, 9.17) is 10.2 Å². The van der Waals surface area contributed by atoms with E-state index in [9.17, 15) is 18.0 Å². The second-order valence-electron chi connectivity index (χ2n) is 5.99. The Hall–Kier alpha value is -3.46. The Morgan fingerprint density at radius 2 is 1.71 bits per heavy atom. The van der Waals surface area contributed by atoms with E-state index in [0.717, 1.165) is 12.2 Å². The van der Waals surface area contributed by atoms with Crippen LogP contribution in [0.2, 0.25) is 0 Å². The highest BCUT2D eigenvalue weighted by Gasteiger charge is 2.32. The van der Waals surface area contributed by atoms with Crippen molar-refractivity contribution in [2.75, 3.05) is 10.8 Å². The van der Waals surface area contributed by atoms with Gasteiger partial charge < -0.3 is 10.2 Å². The number of hydrogen-bond acceptors (Lipinski definition) is 5. The average Bonchev–Trinajstić information content (AvgIpc) is 3.09. The largest absolute Gasteiger partial charge is 0.478 e. The summed E-state index contributed by atoms with van der Waals surface area (Å²) in [5, 5.41) is 17.4. The third-order valence-corrected chi connectivity index (χ3v) is 5.85. The average molecular weight is 400 g/mol. The fraction of sp³-hybridized carbons (Fsp3) is 0.105. The summed E-state index contributed by atoms with van der Waals surface area (Å²) in [5.74, 6) is -1.90. The summed E-state index contributed by atoms with van der Waals surface area (Å²) < 4.78 is 27.3. The number of pyridine rings is 1. The van der Waals surface area contributed by atoms with Crippen molar-refractivity contribution in [2.45, 2.75) is 11.3 Å². The lowest BCUT2D eigenvalue weighted by molar-refractivity contribution is -0.132. The summed E-state index contributed by atoms with van der Waals surface area (Å²) in [7, 11) is -3.87. The monoisotopic (exact) mass is 400 g/mol. The predicted molar refractivity (Wildman–Crippen MR) is 102 cm³/mol. The molecular weight excluding hydrogens is 384 g/mol. The molecule has 0 atom stereocenters. The second-order valence-corrected chi connectivity index (χ2v) is 7.86. The van der Waals surface area contributed by atoms with E-state index in [0.29, 0.717) is 28.9 Å². The highest BCUT2D eigenvalue weighted by Crippen LogP contribution is 2.32. The van der Waals surface area contributed by atoms with Crippen LogP contribution >= 0.6 is 0 Å². The number of carboxylic acids is 2. The van der Waals surface area contributed by atoms with Gasteiger partial charge in [-0.3, -0.25) is 0 Å². The van der Waals surface area contributed by atoms with Crippen LogP contribution in [0.1, 0.15) is 16.7 Å². The van der Waals surface area contributed by atoms with Gasteiger partial charge in [0.05, 0.1) is 4.90 Å². The van der Waals surface area contributed by atoms with E-state index < -0.39 is 22.0 Å². The number of carboxylic acid groups (broad SMARTS) is 2. The van der Waals surface area contributed by atoms with Gasteiger partial charge in [-0.2, -0.15) is 0 Å². The smallest absolute Gasteiger partial charge is 0.328 e. The van der Waals surface area contributed by atoms with Crippen molar-refractivity contribution in [3.8, 4) is 0 Å². The minimum atomic E-state index is -3.87. The molecule has 0 radical (unpaired) electrons. The molecule has 0 aliphatic carbocycles. The Balaban J connectivity index is 1.92. The van der Waals surface area contributed by atoms with Crippen LogP contribution in [-0.2, 0) is 26.0 Å². The van der Waals surface area contributed by atoms with Gasteiger partial charge >= 0.3 is 11.9 Å². The number of anilines is 1. The maximum Gasteiger partial charge on any atom is 0.328 e. The van der Waals surface area contributed by atoms with Crippen molar-refractivity contribution in [3.05, 3.63) is 65.4 Å².